The molecule has 13 heavy (non-hydrogen) atoms. The van der Waals surface area contributed by atoms with Crippen LogP contribution in [0.4, 0.5) is 0 Å². The standard InChI is InChI=1S/C10H17NS2/c1-3-4-5-9(11-2)10-8-12-6-7-13-10/h1,9-11H,4-8H2,2H3. The van der Waals surface area contributed by atoms with Gasteiger partial charge in [0.15, 0.2) is 0 Å². The number of nitrogens with one attached hydrogen (secondary N) is 1. The molecule has 1 nitrogen and oxygen atoms in total. The molecule has 0 aliphatic carbocycles. The van der Waals surface area contributed by atoms with Gasteiger partial charge in [0, 0.05) is 35.0 Å². The quantitative estimate of drug-likeness (QED) is 0.719. The molecule has 2 atom stereocenters. The highest BCUT2D eigenvalue weighted by Gasteiger charge is 2.22. The molecule has 1 rings (SSSR count). The van der Waals surface area contributed by atoms with Crippen molar-refractivity contribution < 1.29 is 0 Å². The molecule has 0 spiro atoms. The molecule has 1 aliphatic rings. The summed E-state index contributed by atoms with van der Waals surface area (Å²) in [6.45, 7) is 0. The van der Waals surface area contributed by atoms with Crippen molar-refractivity contribution >= 4 is 23.5 Å². The lowest BCUT2D eigenvalue weighted by Gasteiger charge is -2.28. The van der Waals surface area contributed by atoms with Crippen molar-refractivity contribution in [3.05, 3.63) is 0 Å². The third-order valence-corrected chi connectivity index (χ3v) is 5.18. The van der Waals surface area contributed by atoms with Crippen LogP contribution in [0.3, 0.4) is 0 Å². The highest BCUT2D eigenvalue weighted by atomic mass is 32.2. The molecule has 0 aromatic heterocycles. The van der Waals surface area contributed by atoms with Crippen LogP contribution in [0.2, 0.25) is 0 Å². The molecule has 0 amide bonds. The van der Waals surface area contributed by atoms with Crippen molar-refractivity contribution in [3.8, 4) is 12.3 Å². The van der Waals surface area contributed by atoms with Gasteiger partial charge >= 0.3 is 0 Å². The number of hydrogen-bond acceptors (Lipinski definition) is 3. The van der Waals surface area contributed by atoms with Crippen molar-refractivity contribution in [1.29, 1.82) is 0 Å². The fraction of sp³-hybridized carbons (Fsp3) is 0.800. The summed E-state index contributed by atoms with van der Waals surface area (Å²) in [5.74, 6) is 6.60. The summed E-state index contributed by atoms with van der Waals surface area (Å²) < 4.78 is 0. The Hall–Kier alpha value is 0.220. The second kappa shape index (κ2) is 6.64. The molecule has 1 aliphatic heterocycles. The van der Waals surface area contributed by atoms with Crippen LogP contribution >= 0.6 is 23.5 Å². The minimum absolute atomic E-state index is 0.605. The topological polar surface area (TPSA) is 12.0 Å². The van der Waals surface area contributed by atoms with E-state index < -0.39 is 0 Å². The Bertz CT molecular complexity index is 170. The summed E-state index contributed by atoms with van der Waals surface area (Å²) >= 11 is 4.16. The molecular formula is C10H17NS2. The summed E-state index contributed by atoms with van der Waals surface area (Å²) in [6.07, 6.45) is 7.28. The average Bonchev–Trinajstić information content (AvgIpc) is 2.21. The largest absolute Gasteiger partial charge is 0.316 e. The van der Waals surface area contributed by atoms with Gasteiger partial charge in [0.1, 0.15) is 0 Å². The number of thioether (sulfide) groups is 2. The molecule has 0 aromatic rings. The summed E-state index contributed by atoms with van der Waals surface area (Å²) in [6, 6.07) is 0.605. The Morgan fingerprint density at radius 1 is 1.62 bits per heavy atom. The predicted molar refractivity (Wildman–Crippen MR) is 64.5 cm³/mol. The van der Waals surface area contributed by atoms with E-state index in [0.717, 1.165) is 18.1 Å². The van der Waals surface area contributed by atoms with E-state index >= 15 is 0 Å². The van der Waals surface area contributed by atoms with E-state index in [1.807, 2.05) is 7.05 Å². The first-order chi connectivity index (χ1) is 6.38. The first-order valence-electron chi connectivity index (χ1n) is 4.68. The van der Waals surface area contributed by atoms with Gasteiger partial charge in [-0.2, -0.15) is 23.5 Å². The van der Waals surface area contributed by atoms with E-state index in [4.69, 9.17) is 6.42 Å². The SMILES string of the molecule is C#CCCC(NC)C1CSCCS1. The summed E-state index contributed by atoms with van der Waals surface area (Å²) in [4.78, 5) is 0. The van der Waals surface area contributed by atoms with Crippen molar-refractivity contribution in [1.82, 2.24) is 5.32 Å². The highest BCUT2D eigenvalue weighted by Crippen LogP contribution is 2.27. The zero-order valence-corrected chi connectivity index (χ0v) is 9.72. The lowest BCUT2D eigenvalue weighted by atomic mass is 10.1. The molecule has 74 valence electrons. The minimum atomic E-state index is 0.605. The smallest absolute Gasteiger partial charge is 0.0292 e. The van der Waals surface area contributed by atoms with Crippen LogP contribution in [-0.4, -0.2) is 35.6 Å². The van der Waals surface area contributed by atoms with Crippen LogP contribution < -0.4 is 5.32 Å². The normalized spacial score (nSPS) is 25.1. The van der Waals surface area contributed by atoms with Gasteiger partial charge < -0.3 is 5.32 Å². The molecule has 2 unspecified atom stereocenters. The van der Waals surface area contributed by atoms with Crippen LogP contribution in [0.5, 0.6) is 0 Å². The van der Waals surface area contributed by atoms with E-state index in [9.17, 15) is 0 Å². The number of terminal acetylenes is 1. The molecule has 0 radical (unpaired) electrons. The fourth-order valence-electron chi connectivity index (χ4n) is 1.49. The van der Waals surface area contributed by atoms with Crippen LogP contribution in [-0.2, 0) is 0 Å². The first kappa shape index (κ1) is 11.3. The summed E-state index contributed by atoms with van der Waals surface area (Å²) in [5.41, 5.74) is 0. The van der Waals surface area contributed by atoms with E-state index in [1.165, 1.54) is 17.3 Å². The van der Waals surface area contributed by atoms with Crippen LogP contribution in [0.1, 0.15) is 12.8 Å². The van der Waals surface area contributed by atoms with Gasteiger partial charge in [-0.3, -0.25) is 0 Å². The molecule has 1 saturated heterocycles. The molecular weight excluding hydrogens is 198 g/mol. The Kier molecular flexibility index (Phi) is 5.77. The van der Waals surface area contributed by atoms with Gasteiger partial charge in [0.25, 0.3) is 0 Å². The first-order valence-corrected chi connectivity index (χ1v) is 6.89. The van der Waals surface area contributed by atoms with E-state index in [-0.39, 0.29) is 0 Å². The van der Waals surface area contributed by atoms with E-state index in [0.29, 0.717) is 6.04 Å². The molecule has 1 N–H and O–H groups in total. The minimum Gasteiger partial charge on any atom is -0.316 e. The Morgan fingerprint density at radius 3 is 3.00 bits per heavy atom. The third-order valence-electron chi connectivity index (χ3n) is 2.26. The van der Waals surface area contributed by atoms with Gasteiger partial charge in [-0.1, -0.05) is 0 Å². The van der Waals surface area contributed by atoms with Gasteiger partial charge in [0.05, 0.1) is 0 Å². The maximum atomic E-state index is 5.27. The Balaban J connectivity index is 2.31. The van der Waals surface area contributed by atoms with Crippen LogP contribution in [0.15, 0.2) is 0 Å². The highest BCUT2D eigenvalue weighted by molar-refractivity contribution is 8.06. The van der Waals surface area contributed by atoms with Gasteiger partial charge in [-0.05, 0) is 13.5 Å². The van der Waals surface area contributed by atoms with Gasteiger partial charge in [-0.25, -0.2) is 0 Å². The van der Waals surface area contributed by atoms with Crippen molar-refractivity contribution in [2.45, 2.75) is 24.1 Å². The monoisotopic (exact) mass is 215 g/mol. The Labute approximate surface area is 89.8 Å². The Morgan fingerprint density at radius 2 is 2.46 bits per heavy atom. The predicted octanol–water partition coefficient (Wildman–Crippen LogP) is 1.84. The number of hydrogen-bond donors (Lipinski definition) is 1. The molecule has 0 saturated carbocycles. The lowest BCUT2D eigenvalue weighted by Crippen LogP contribution is -2.38. The number of rotatable bonds is 4. The zero-order chi connectivity index (χ0) is 9.52. The van der Waals surface area contributed by atoms with Gasteiger partial charge in [-0.15, -0.1) is 12.3 Å². The van der Waals surface area contributed by atoms with E-state index in [1.54, 1.807) is 0 Å². The second-order valence-electron chi connectivity index (χ2n) is 3.12. The maximum absolute atomic E-state index is 5.27. The third kappa shape index (κ3) is 3.84. The molecule has 1 fully saturated rings. The molecule has 3 heteroatoms. The fourth-order valence-corrected chi connectivity index (χ4v) is 4.46. The second-order valence-corrected chi connectivity index (χ2v) is 5.62. The van der Waals surface area contributed by atoms with Crippen molar-refractivity contribution in [2.75, 3.05) is 24.3 Å². The van der Waals surface area contributed by atoms with E-state index in [2.05, 4.69) is 34.8 Å². The summed E-state index contributed by atoms with van der Waals surface area (Å²) in [7, 11) is 2.04. The molecule has 1 heterocycles. The molecule has 0 bridgehead atoms. The van der Waals surface area contributed by atoms with Crippen LogP contribution in [0.25, 0.3) is 0 Å². The molecule has 0 aromatic carbocycles. The summed E-state index contributed by atoms with van der Waals surface area (Å²) in [5, 5.41) is 4.14. The maximum Gasteiger partial charge on any atom is 0.0292 e. The zero-order valence-electron chi connectivity index (χ0n) is 8.08. The van der Waals surface area contributed by atoms with Crippen molar-refractivity contribution in [3.63, 3.8) is 0 Å². The average molecular weight is 215 g/mol. The van der Waals surface area contributed by atoms with Crippen molar-refractivity contribution in [2.24, 2.45) is 0 Å². The lowest BCUT2D eigenvalue weighted by molar-refractivity contribution is 0.529. The van der Waals surface area contributed by atoms with Gasteiger partial charge in [0.2, 0.25) is 0 Å². The van der Waals surface area contributed by atoms with Crippen LogP contribution in [0, 0.1) is 12.3 Å².